The number of rotatable bonds is 11. The summed E-state index contributed by atoms with van der Waals surface area (Å²) in [6, 6.07) is 8.25. The van der Waals surface area contributed by atoms with Crippen LogP contribution in [0.4, 0.5) is 8.78 Å². The molecule has 0 fully saturated rings. The Hall–Kier alpha value is -3.81. The number of benzene rings is 2. The standard InChI is InChI=1S/C25H24F2O6/c1-15(2)24(29)31-12-17(13-32-25(30)16(3)4)9-20-6-5-18(10-21(20)26)19-7-8-23(33-14-28)22(27)11-19/h5-8,10-11,14,17H,1,3,9,12-13H2,2,4H3. The second kappa shape index (κ2) is 11.7. The van der Waals surface area contributed by atoms with Crippen molar-refractivity contribution in [3.63, 3.8) is 0 Å². The summed E-state index contributed by atoms with van der Waals surface area (Å²) in [5.41, 5.74) is 1.51. The molecule has 0 spiro atoms. The largest absolute Gasteiger partial charge is 0.462 e. The molecule has 0 bridgehead atoms. The van der Waals surface area contributed by atoms with E-state index >= 15 is 0 Å². The van der Waals surface area contributed by atoms with Crippen LogP contribution in [-0.2, 0) is 30.3 Å². The number of halogens is 2. The maximum absolute atomic E-state index is 14.8. The van der Waals surface area contributed by atoms with Gasteiger partial charge in [-0.3, -0.25) is 4.79 Å². The van der Waals surface area contributed by atoms with Crippen LogP contribution in [0.25, 0.3) is 11.1 Å². The average molecular weight is 458 g/mol. The van der Waals surface area contributed by atoms with E-state index < -0.39 is 29.5 Å². The lowest BCUT2D eigenvalue weighted by molar-refractivity contribution is -0.144. The molecule has 0 radical (unpaired) electrons. The summed E-state index contributed by atoms with van der Waals surface area (Å²) in [5.74, 6) is -3.29. The van der Waals surface area contributed by atoms with Crippen LogP contribution in [0.5, 0.6) is 5.75 Å². The molecule has 2 aromatic carbocycles. The maximum Gasteiger partial charge on any atom is 0.333 e. The van der Waals surface area contributed by atoms with E-state index in [2.05, 4.69) is 17.9 Å². The number of ether oxygens (including phenoxy) is 3. The van der Waals surface area contributed by atoms with E-state index in [-0.39, 0.29) is 43.0 Å². The van der Waals surface area contributed by atoms with Crippen LogP contribution in [0.15, 0.2) is 60.7 Å². The first kappa shape index (κ1) is 25.5. The van der Waals surface area contributed by atoms with Crippen molar-refractivity contribution < 1.29 is 37.4 Å². The zero-order valence-corrected chi connectivity index (χ0v) is 18.4. The van der Waals surface area contributed by atoms with Gasteiger partial charge in [0.05, 0.1) is 13.2 Å². The van der Waals surface area contributed by atoms with E-state index in [4.69, 9.17) is 9.47 Å². The number of hydrogen-bond acceptors (Lipinski definition) is 6. The predicted octanol–water partition coefficient (Wildman–Crippen LogP) is 4.56. The average Bonchev–Trinajstić information content (AvgIpc) is 2.77. The van der Waals surface area contributed by atoms with Crippen molar-refractivity contribution in [2.45, 2.75) is 20.3 Å². The van der Waals surface area contributed by atoms with E-state index in [1.807, 2.05) is 0 Å². The SMILES string of the molecule is C=C(C)C(=O)OCC(COC(=O)C(=C)C)Cc1ccc(-c2ccc(OC=O)c(F)c2)cc1F. The highest BCUT2D eigenvalue weighted by Crippen LogP contribution is 2.27. The molecule has 2 rings (SSSR count). The van der Waals surface area contributed by atoms with Crippen LogP contribution >= 0.6 is 0 Å². The summed E-state index contributed by atoms with van der Waals surface area (Å²) in [6.07, 6.45) is 0.111. The predicted molar refractivity (Wildman–Crippen MR) is 117 cm³/mol. The van der Waals surface area contributed by atoms with Gasteiger partial charge in [0.25, 0.3) is 6.47 Å². The van der Waals surface area contributed by atoms with Gasteiger partial charge in [-0.2, -0.15) is 0 Å². The molecule has 33 heavy (non-hydrogen) atoms. The lowest BCUT2D eigenvalue weighted by atomic mass is 9.97. The second-order valence-corrected chi connectivity index (χ2v) is 7.49. The molecule has 0 aliphatic rings. The Morgan fingerprint density at radius 3 is 1.88 bits per heavy atom. The van der Waals surface area contributed by atoms with Gasteiger partial charge in [0.2, 0.25) is 0 Å². The molecule has 0 N–H and O–H groups in total. The van der Waals surface area contributed by atoms with E-state index in [0.717, 1.165) is 6.07 Å². The number of hydrogen-bond donors (Lipinski definition) is 0. The van der Waals surface area contributed by atoms with Crippen molar-refractivity contribution in [3.8, 4) is 16.9 Å². The third-order valence-corrected chi connectivity index (χ3v) is 4.60. The van der Waals surface area contributed by atoms with Crippen LogP contribution < -0.4 is 4.74 Å². The van der Waals surface area contributed by atoms with E-state index in [1.165, 1.54) is 38.1 Å². The second-order valence-electron chi connectivity index (χ2n) is 7.49. The molecule has 0 aliphatic heterocycles. The van der Waals surface area contributed by atoms with Crippen molar-refractivity contribution in [1.29, 1.82) is 0 Å². The molecule has 0 amide bonds. The Morgan fingerprint density at radius 1 is 0.909 bits per heavy atom. The molecule has 174 valence electrons. The highest BCUT2D eigenvalue weighted by molar-refractivity contribution is 5.87. The van der Waals surface area contributed by atoms with Gasteiger partial charge in [-0.05, 0) is 55.2 Å². The fraction of sp³-hybridized carbons (Fsp3) is 0.240. The Labute approximate surface area is 190 Å². The van der Waals surface area contributed by atoms with E-state index in [9.17, 15) is 23.2 Å². The highest BCUT2D eigenvalue weighted by atomic mass is 19.1. The zero-order valence-electron chi connectivity index (χ0n) is 18.4. The maximum atomic E-state index is 14.8. The summed E-state index contributed by atoms with van der Waals surface area (Å²) in [5, 5.41) is 0. The highest BCUT2D eigenvalue weighted by Gasteiger charge is 2.19. The summed E-state index contributed by atoms with van der Waals surface area (Å²) >= 11 is 0. The van der Waals surface area contributed by atoms with Crippen LogP contribution in [0.1, 0.15) is 19.4 Å². The minimum Gasteiger partial charge on any atom is -0.462 e. The minimum atomic E-state index is -0.761. The van der Waals surface area contributed by atoms with Crippen LogP contribution in [0, 0.1) is 17.6 Å². The first-order chi connectivity index (χ1) is 15.6. The fourth-order valence-corrected chi connectivity index (χ4v) is 2.83. The van der Waals surface area contributed by atoms with E-state index in [1.54, 1.807) is 6.07 Å². The summed E-state index contributed by atoms with van der Waals surface area (Å²) in [7, 11) is 0. The Kier molecular flexibility index (Phi) is 9.03. The molecular formula is C25H24F2O6. The summed E-state index contributed by atoms with van der Waals surface area (Å²) in [6.45, 7) is 9.90. The molecule has 6 nitrogen and oxygen atoms in total. The van der Waals surface area contributed by atoms with Crippen LogP contribution in [0.2, 0.25) is 0 Å². The molecule has 0 heterocycles. The molecule has 0 unspecified atom stereocenters. The Balaban J connectivity index is 2.19. The minimum absolute atomic E-state index is 0.111. The Bertz CT molecular complexity index is 1050. The van der Waals surface area contributed by atoms with Gasteiger partial charge in [0, 0.05) is 17.1 Å². The first-order valence-corrected chi connectivity index (χ1v) is 9.96. The van der Waals surface area contributed by atoms with Crippen molar-refractivity contribution in [1.82, 2.24) is 0 Å². The molecule has 0 aromatic heterocycles. The number of esters is 2. The Morgan fingerprint density at radius 2 is 1.42 bits per heavy atom. The fourth-order valence-electron chi connectivity index (χ4n) is 2.83. The van der Waals surface area contributed by atoms with Gasteiger partial charge in [-0.25, -0.2) is 18.4 Å². The smallest absolute Gasteiger partial charge is 0.333 e. The first-order valence-electron chi connectivity index (χ1n) is 9.96. The van der Waals surface area contributed by atoms with Gasteiger partial charge < -0.3 is 14.2 Å². The zero-order chi connectivity index (χ0) is 24.5. The normalized spacial score (nSPS) is 10.5. The van der Waals surface area contributed by atoms with Crippen LogP contribution in [0.3, 0.4) is 0 Å². The quantitative estimate of drug-likeness (QED) is 0.279. The van der Waals surface area contributed by atoms with Crippen molar-refractivity contribution in [3.05, 3.63) is 77.9 Å². The summed E-state index contributed by atoms with van der Waals surface area (Å²) in [4.78, 5) is 33.8. The van der Waals surface area contributed by atoms with E-state index in [0.29, 0.717) is 16.7 Å². The van der Waals surface area contributed by atoms with Gasteiger partial charge in [-0.1, -0.05) is 31.4 Å². The molecule has 8 heteroatoms. The summed E-state index contributed by atoms with van der Waals surface area (Å²) < 4.78 is 43.7. The van der Waals surface area contributed by atoms with Crippen molar-refractivity contribution in [2.24, 2.45) is 5.92 Å². The van der Waals surface area contributed by atoms with Crippen LogP contribution in [-0.4, -0.2) is 31.6 Å². The molecule has 0 saturated heterocycles. The molecule has 0 aliphatic carbocycles. The lowest BCUT2D eigenvalue weighted by Crippen LogP contribution is -2.23. The lowest BCUT2D eigenvalue weighted by Gasteiger charge is -2.18. The topological polar surface area (TPSA) is 78.9 Å². The molecular weight excluding hydrogens is 434 g/mol. The van der Waals surface area contributed by atoms with Crippen molar-refractivity contribution in [2.75, 3.05) is 13.2 Å². The van der Waals surface area contributed by atoms with Gasteiger partial charge in [0.1, 0.15) is 5.82 Å². The number of carbonyl (C=O) groups excluding carboxylic acids is 3. The third kappa shape index (κ3) is 7.38. The van der Waals surface area contributed by atoms with Gasteiger partial charge >= 0.3 is 11.9 Å². The van der Waals surface area contributed by atoms with Gasteiger partial charge in [0.15, 0.2) is 11.6 Å². The third-order valence-electron chi connectivity index (χ3n) is 4.60. The molecule has 2 aromatic rings. The van der Waals surface area contributed by atoms with Gasteiger partial charge in [-0.15, -0.1) is 0 Å². The number of carbonyl (C=O) groups is 3. The van der Waals surface area contributed by atoms with Crippen molar-refractivity contribution >= 4 is 18.4 Å². The molecule has 0 atom stereocenters. The monoisotopic (exact) mass is 458 g/mol. The molecule has 0 saturated carbocycles.